The lowest BCUT2D eigenvalue weighted by molar-refractivity contribution is 0.174. The summed E-state index contributed by atoms with van der Waals surface area (Å²) in [4.78, 5) is 0. The smallest absolute Gasteiger partial charge is 0.231 e. The highest BCUT2D eigenvalue weighted by atomic mass is 16.7. The number of benzene rings is 2. The minimum absolute atomic E-state index is 0.284. The molecule has 0 N–H and O–H groups in total. The molecule has 2 aromatic rings. The van der Waals surface area contributed by atoms with Crippen molar-refractivity contribution in [3.8, 4) is 17.2 Å². The summed E-state index contributed by atoms with van der Waals surface area (Å²) < 4.78 is 16.2. The second-order valence-electron chi connectivity index (χ2n) is 4.14. The van der Waals surface area contributed by atoms with Crippen molar-refractivity contribution in [2.45, 2.75) is 0 Å². The van der Waals surface area contributed by atoms with Gasteiger partial charge in [0.1, 0.15) is 12.4 Å². The fraction of sp³-hybridized carbons (Fsp3) is 0.125. The van der Waals surface area contributed by atoms with Crippen LogP contribution in [0.5, 0.6) is 17.2 Å². The van der Waals surface area contributed by atoms with Crippen molar-refractivity contribution in [1.82, 2.24) is 0 Å². The van der Waals surface area contributed by atoms with Crippen molar-refractivity contribution >= 4 is 6.08 Å². The lowest BCUT2D eigenvalue weighted by atomic mass is 10.2. The zero-order valence-electron chi connectivity index (χ0n) is 10.4. The van der Waals surface area contributed by atoms with Crippen LogP contribution in [0.25, 0.3) is 6.08 Å². The Morgan fingerprint density at radius 2 is 1.84 bits per heavy atom. The van der Waals surface area contributed by atoms with Gasteiger partial charge in [0, 0.05) is 6.07 Å². The molecule has 0 saturated carbocycles. The standard InChI is InChI=1S/C16H14O3/c1-2-5-13(6-3-1)7-4-10-17-14-8-9-15-16(11-14)19-12-18-15/h1-9,11H,10,12H2/b7-4+. The number of rotatable bonds is 4. The van der Waals surface area contributed by atoms with Crippen molar-refractivity contribution in [3.05, 3.63) is 60.2 Å². The van der Waals surface area contributed by atoms with Crippen LogP contribution in [-0.2, 0) is 0 Å². The van der Waals surface area contributed by atoms with Crippen LogP contribution in [0, 0.1) is 0 Å². The first-order valence-electron chi connectivity index (χ1n) is 6.16. The van der Waals surface area contributed by atoms with Crippen LogP contribution >= 0.6 is 0 Å². The Bertz CT molecular complexity index is 576. The molecule has 1 heterocycles. The molecule has 1 aliphatic rings. The van der Waals surface area contributed by atoms with Gasteiger partial charge in [-0.05, 0) is 23.8 Å². The predicted octanol–water partition coefficient (Wildman–Crippen LogP) is 3.51. The van der Waals surface area contributed by atoms with Gasteiger partial charge in [-0.2, -0.15) is 0 Å². The summed E-state index contributed by atoms with van der Waals surface area (Å²) in [7, 11) is 0. The van der Waals surface area contributed by atoms with Crippen molar-refractivity contribution < 1.29 is 14.2 Å². The molecule has 0 saturated heterocycles. The van der Waals surface area contributed by atoms with E-state index in [2.05, 4.69) is 12.1 Å². The second kappa shape index (κ2) is 5.48. The van der Waals surface area contributed by atoms with E-state index in [4.69, 9.17) is 14.2 Å². The lowest BCUT2D eigenvalue weighted by Crippen LogP contribution is -1.93. The molecule has 0 amide bonds. The van der Waals surface area contributed by atoms with Crippen LogP contribution < -0.4 is 14.2 Å². The molecule has 0 aromatic heterocycles. The molecule has 3 nitrogen and oxygen atoms in total. The molecule has 0 aliphatic carbocycles. The Kier molecular flexibility index (Phi) is 3.36. The summed E-state index contributed by atoms with van der Waals surface area (Å²) in [6, 6.07) is 15.7. The minimum atomic E-state index is 0.284. The van der Waals surface area contributed by atoms with Gasteiger partial charge in [0.25, 0.3) is 0 Å². The van der Waals surface area contributed by atoms with E-state index in [1.54, 1.807) is 0 Å². The third-order valence-corrected chi connectivity index (χ3v) is 2.80. The van der Waals surface area contributed by atoms with Crippen molar-refractivity contribution in [2.24, 2.45) is 0 Å². The van der Waals surface area contributed by atoms with Crippen LogP contribution in [0.2, 0.25) is 0 Å². The minimum Gasteiger partial charge on any atom is -0.489 e. The maximum atomic E-state index is 5.63. The van der Waals surface area contributed by atoms with Gasteiger partial charge in [0.2, 0.25) is 6.79 Å². The Balaban J connectivity index is 1.57. The van der Waals surface area contributed by atoms with E-state index in [0.29, 0.717) is 6.61 Å². The van der Waals surface area contributed by atoms with E-state index < -0.39 is 0 Å². The first kappa shape index (κ1) is 11.7. The quantitative estimate of drug-likeness (QED) is 0.835. The molecule has 1 aliphatic heterocycles. The van der Waals surface area contributed by atoms with E-state index >= 15 is 0 Å². The molecule has 0 atom stereocenters. The summed E-state index contributed by atoms with van der Waals surface area (Å²) in [5.74, 6) is 2.29. The van der Waals surface area contributed by atoms with E-state index in [-0.39, 0.29) is 6.79 Å². The Morgan fingerprint density at radius 1 is 1.00 bits per heavy atom. The molecular formula is C16H14O3. The summed E-state index contributed by atoms with van der Waals surface area (Å²) >= 11 is 0. The number of hydrogen-bond acceptors (Lipinski definition) is 3. The normalized spacial score (nSPS) is 12.8. The Hall–Kier alpha value is -2.42. The molecular weight excluding hydrogens is 240 g/mol. The molecule has 0 unspecified atom stereocenters. The summed E-state index contributed by atoms with van der Waals surface area (Å²) in [5, 5.41) is 0. The average molecular weight is 254 g/mol. The molecule has 19 heavy (non-hydrogen) atoms. The van der Waals surface area contributed by atoms with Crippen LogP contribution in [0.4, 0.5) is 0 Å². The van der Waals surface area contributed by atoms with Crippen LogP contribution in [0.15, 0.2) is 54.6 Å². The maximum Gasteiger partial charge on any atom is 0.231 e. The highest BCUT2D eigenvalue weighted by Crippen LogP contribution is 2.34. The summed E-state index contributed by atoms with van der Waals surface area (Å²) in [6.07, 6.45) is 4.02. The third kappa shape index (κ3) is 2.88. The third-order valence-electron chi connectivity index (χ3n) is 2.80. The second-order valence-corrected chi connectivity index (χ2v) is 4.14. The lowest BCUT2D eigenvalue weighted by Gasteiger charge is -2.04. The van der Waals surface area contributed by atoms with Crippen molar-refractivity contribution in [1.29, 1.82) is 0 Å². The molecule has 3 rings (SSSR count). The fourth-order valence-corrected chi connectivity index (χ4v) is 1.86. The van der Waals surface area contributed by atoms with E-state index in [1.165, 1.54) is 0 Å². The van der Waals surface area contributed by atoms with Gasteiger partial charge in [-0.1, -0.05) is 36.4 Å². The first-order valence-corrected chi connectivity index (χ1v) is 6.16. The van der Waals surface area contributed by atoms with Gasteiger partial charge in [-0.25, -0.2) is 0 Å². The number of ether oxygens (including phenoxy) is 3. The largest absolute Gasteiger partial charge is 0.489 e. The molecule has 96 valence electrons. The average Bonchev–Trinajstić information content (AvgIpc) is 2.92. The van der Waals surface area contributed by atoms with E-state index in [1.807, 2.05) is 48.6 Å². The molecule has 0 radical (unpaired) electrons. The van der Waals surface area contributed by atoms with Gasteiger partial charge in [-0.3, -0.25) is 0 Å². The van der Waals surface area contributed by atoms with Gasteiger partial charge in [-0.15, -0.1) is 0 Å². The predicted molar refractivity (Wildman–Crippen MR) is 73.5 cm³/mol. The first-order chi connectivity index (χ1) is 9.42. The molecule has 0 spiro atoms. The Morgan fingerprint density at radius 3 is 2.74 bits per heavy atom. The van der Waals surface area contributed by atoms with Gasteiger partial charge >= 0.3 is 0 Å². The van der Waals surface area contributed by atoms with E-state index in [9.17, 15) is 0 Å². The zero-order chi connectivity index (χ0) is 12.9. The van der Waals surface area contributed by atoms with Crippen LogP contribution in [0.1, 0.15) is 5.56 Å². The fourth-order valence-electron chi connectivity index (χ4n) is 1.86. The van der Waals surface area contributed by atoms with Crippen molar-refractivity contribution in [2.75, 3.05) is 13.4 Å². The Labute approximate surface area is 112 Å². The number of hydrogen-bond donors (Lipinski definition) is 0. The van der Waals surface area contributed by atoms with Gasteiger partial charge < -0.3 is 14.2 Å². The molecule has 0 bridgehead atoms. The molecule has 0 fully saturated rings. The molecule has 3 heteroatoms. The maximum absolute atomic E-state index is 5.63. The van der Waals surface area contributed by atoms with Crippen LogP contribution in [0.3, 0.4) is 0 Å². The van der Waals surface area contributed by atoms with E-state index in [0.717, 1.165) is 22.8 Å². The zero-order valence-corrected chi connectivity index (χ0v) is 10.4. The highest BCUT2D eigenvalue weighted by Gasteiger charge is 2.13. The van der Waals surface area contributed by atoms with Gasteiger partial charge in [0.05, 0.1) is 0 Å². The summed E-state index contributed by atoms with van der Waals surface area (Å²) in [6.45, 7) is 0.807. The monoisotopic (exact) mass is 254 g/mol. The summed E-state index contributed by atoms with van der Waals surface area (Å²) in [5.41, 5.74) is 1.16. The highest BCUT2D eigenvalue weighted by molar-refractivity contribution is 5.49. The topological polar surface area (TPSA) is 27.7 Å². The SMILES string of the molecule is C(=C\c1ccccc1)/COc1ccc2c(c1)OCO2. The van der Waals surface area contributed by atoms with Crippen LogP contribution in [-0.4, -0.2) is 13.4 Å². The molecule has 2 aromatic carbocycles. The number of fused-ring (bicyclic) bond motifs is 1. The van der Waals surface area contributed by atoms with Gasteiger partial charge in [0.15, 0.2) is 11.5 Å². The van der Waals surface area contributed by atoms with Crippen molar-refractivity contribution in [3.63, 3.8) is 0 Å².